The summed E-state index contributed by atoms with van der Waals surface area (Å²) in [5.41, 5.74) is 7.92. The highest BCUT2D eigenvalue weighted by Crippen LogP contribution is 2.34. The number of piperazine rings is 1. The van der Waals surface area contributed by atoms with Crippen LogP contribution in [-0.2, 0) is 5.54 Å². The van der Waals surface area contributed by atoms with E-state index < -0.39 is 11.6 Å². The molecule has 0 aliphatic carbocycles. The SMILES string of the molecule is NC(=O)N1CCNCC1(COc1cccnc1)c1ccc(-c2ccccc2Cl)cc1. The van der Waals surface area contributed by atoms with Gasteiger partial charge in [-0.25, -0.2) is 4.79 Å². The molecular weight excluding hydrogens is 400 g/mol. The average molecular weight is 423 g/mol. The minimum atomic E-state index is -0.737. The molecule has 30 heavy (non-hydrogen) atoms. The second kappa shape index (κ2) is 8.73. The molecule has 1 aliphatic heterocycles. The Bertz CT molecular complexity index is 1010. The van der Waals surface area contributed by atoms with Crippen LogP contribution in [-0.4, -0.2) is 42.2 Å². The Hall–Kier alpha value is -3.09. The maximum Gasteiger partial charge on any atom is 0.315 e. The van der Waals surface area contributed by atoms with E-state index in [-0.39, 0.29) is 6.61 Å². The largest absolute Gasteiger partial charge is 0.489 e. The lowest BCUT2D eigenvalue weighted by molar-refractivity contribution is 0.0468. The van der Waals surface area contributed by atoms with Crippen LogP contribution < -0.4 is 15.8 Å². The molecule has 1 atom stereocenters. The highest BCUT2D eigenvalue weighted by atomic mass is 35.5. The first-order valence-corrected chi connectivity index (χ1v) is 10.1. The fraction of sp³-hybridized carbons (Fsp3) is 0.217. The van der Waals surface area contributed by atoms with Gasteiger partial charge in [-0.3, -0.25) is 4.98 Å². The van der Waals surface area contributed by atoms with Crippen molar-refractivity contribution in [3.05, 3.63) is 83.6 Å². The average Bonchev–Trinajstić information content (AvgIpc) is 2.79. The minimum absolute atomic E-state index is 0.250. The Morgan fingerprint density at radius 2 is 1.97 bits per heavy atom. The van der Waals surface area contributed by atoms with Gasteiger partial charge in [0.1, 0.15) is 17.9 Å². The number of rotatable bonds is 5. The molecule has 154 valence electrons. The van der Waals surface area contributed by atoms with Crippen molar-refractivity contribution in [3.8, 4) is 16.9 Å². The molecule has 0 bridgehead atoms. The summed E-state index contributed by atoms with van der Waals surface area (Å²) in [7, 11) is 0. The summed E-state index contributed by atoms with van der Waals surface area (Å²) < 4.78 is 6.04. The fourth-order valence-corrected chi connectivity index (χ4v) is 4.12. The molecule has 1 fully saturated rings. The van der Waals surface area contributed by atoms with Gasteiger partial charge in [-0.1, -0.05) is 54.1 Å². The number of ether oxygens (including phenoxy) is 1. The number of halogens is 1. The summed E-state index contributed by atoms with van der Waals surface area (Å²) in [6.45, 7) is 1.95. The van der Waals surface area contributed by atoms with Gasteiger partial charge >= 0.3 is 6.03 Å². The lowest BCUT2D eigenvalue weighted by atomic mass is 9.86. The number of nitrogens with one attached hydrogen (secondary N) is 1. The summed E-state index contributed by atoms with van der Waals surface area (Å²) in [5.74, 6) is 0.638. The van der Waals surface area contributed by atoms with Crippen molar-refractivity contribution < 1.29 is 9.53 Å². The Morgan fingerprint density at radius 3 is 2.67 bits per heavy atom. The van der Waals surface area contributed by atoms with Crippen molar-refractivity contribution in [2.75, 3.05) is 26.2 Å². The minimum Gasteiger partial charge on any atom is -0.489 e. The number of aromatic nitrogens is 1. The Balaban J connectivity index is 1.70. The number of carbonyl (C=O) groups is 1. The van der Waals surface area contributed by atoms with Crippen molar-refractivity contribution in [3.63, 3.8) is 0 Å². The van der Waals surface area contributed by atoms with Gasteiger partial charge in [-0.2, -0.15) is 0 Å². The summed E-state index contributed by atoms with van der Waals surface area (Å²) in [4.78, 5) is 18.1. The van der Waals surface area contributed by atoms with Crippen LogP contribution in [0.15, 0.2) is 73.1 Å². The number of primary amides is 1. The standard InChI is InChI=1S/C23H23ClN4O2/c24-21-6-2-1-5-20(21)17-7-9-18(10-8-17)23(15-27-12-13-28(23)22(25)29)16-30-19-4-3-11-26-14-19/h1-11,14,27H,12-13,15-16H2,(H2,25,29). The maximum absolute atomic E-state index is 12.3. The van der Waals surface area contributed by atoms with Crippen molar-refractivity contribution in [2.45, 2.75) is 5.54 Å². The quantitative estimate of drug-likeness (QED) is 0.657. The summed E-state index contributed by atoms with van der Waals surface area (Å²) in [5, 5.41) is 4.08. The van der Waals surface area contributed by atoms with Crippen LogP contribution in [0.2, 0.25) is 5.02 Å². The van der Waals surface area contributed by atoms with Gasteiger partial charge < -0.3 is 20.7 Å². The lowest BCUT2D eigenvalue weighted by Gasteiger charge is -2.46. The number of amides is 2. The molecule has 1 aliphatic rings. The zero-order valence-corrected chi connectivity index (χ0v) is 17.2. The van der Waals surface area contributed by atoms with E-state index in [4.69, 9.17) is 22.1 Å². The molecular formula is C23H23ClN4O2. The van der Waals surface area contributed by atoms with E-state index in [1.54, 1.807) is 17.3 Å². The molecule has 4 rings (SSSR count). The highest BCUT2D eigenvalue weighted by Gasteiger charge is 2.43. The first kappa shape index (κ1) is 20.2. The predicted molar refractivity (Wildman–Crippen MR) is 117 cm³/mol. The van der Waals surface area contributed by atoms with E-state index in [1.165, 1.54) is 0 Å². The maximum atomic E-state index is 12.3. The van der Waals surface area contributed by atoms with Crippen molar-refractivity contribution in [2.24, 2.45) is 5.73 Å². The molecule has 0 radical (unpaired) electrons. The van der Waals surface area contributed by atoms with Gasteiger partial charge in [0, 0.05) is 36.4 Å². The molecule has 3 N–H and O–H groups in total. The van der Waals surface area contributed by atoms with Crippen molar-refractivity contribution in [1.29, 1.82) is 0 Å². The molecule has 3 aromatic rings. The monoisotopic (exact) mass is 422 g/mol. The molecule has 0 spiro atoms. The Labute approximate surface area is 180 Å². The van der Waals surface area contributed by atoms with Gasteiger partial charge in [0.15, 0.2) is 0 Å². The lowest BCUT2D eigenvalue weighted by Crippen LogP contribution is -2.64. The zero-order valence-electron chi connectivity index (χ0n) is 16.4. The highest BCUT2D eigenvalue weighted by molar-refractivity contribution is 6.33. The smallest absolute Gasteiger partial charge is 0.315 e. The van der Waals surface area contributed by atoms with Gasteiger partial charge in [0.2, 0.25) is 0 Å². The second-order valence-corrected chi connectivity index (χ2v) is 7.64. The van der Waals surface area contributed by atoms with Crippen LogP contribution in [0, 0.1) is 0 Å². The number of pyridine rings is 1. The molecule has 7 heteroatoms. The summed E-state index contributed by atoms with van der Waals surface area (Å²) in [6, 6.07) is 18.9. The fourth-order valence-electron chi connectivity index (χ4n) is 3.88. The van der Waals surface area contributed by atoms with Crippen LogP contribution in [0.5, 0.6) is 5.75 Å². The summed E-state index contributed by atoms with van der Waals surface area (Å²) in [6.07, 6.45) is 3.34. The molecule has 2 heterocycles. The zero-order chi connectivity index (χ0) is 21.0. The number of urea groups is 1. The van der Waals surface area contributed by atoms with Crippen LogP contribution >= 0.6 is 11.6 Å². The topological polar surface area (TPSA) is 80.5 Å². The van der Waals surface area contributed by atoms with Crippen LogP contribution in [0.4, 0.5) is 4.79 Å². The molecule has 1 saturated heterocycles. The van der Waals surface area contributed by atoms with E-state index in [0.717, 1.165) is 16.7 Å². The van der Waals surface area contributed by atoms with Gasteiger partial charge in [-0.15, -0.1) is 0 Å². The van der Waals surface area contributed by atoms with Crippen LogP contribution in [0.25, 0.3) is 11.1 Å². The molecule has 1 aromatic heterocycles. The molecule has 2 amide bonds. The van der Waals surface area contributed by atoms with E-state index in [2.05, 4.69) is 10.3 Å². The summed E-state index contributed by atoms with van der Waals surface area (Å²) >= 11 is 6.35. The Kier molecular flexibility index (Phi) is 5.88. The molecule has 1 unspecified atom stereocenters. The normalized spacial score (nSPS) is 18.8. The van der Waals surface area contributed by atoms with Crippen molar-refractivity contribution >= 4 is 17.6 Å². The molecule has 2 aromatic carbocycles. The van der Waals surface area contributed by atoms with Gasteiger partial charge in [0.05, 0.1) is 6.20 Å². The van der Waals surface area contributed by atoms with Gasteiger partial charge in [-0.05, 0) is 29.3 Å². The number of carbonyl (C=O) groups excluding carboxylic acids is 1. The number of hydrogen-bond donors (Lipinski definition) is 2. The molecule has 0 saturated carbocycles. The number of nitrogens with two attached hydrogens (primary N) is 1. The second-order valence-electron chi connectivity index (χ2n) is 7.23. The predicted octanol–water partition coefficient (Wildman–Crippen LogP) is 3.66. The third-order valence-electron chi connectivity index (χ3n) is 5.43. The van der Waals surface area contributed by atoms with E-state index in [1.807, 2.05) is 60.7 Å². The molecule has 6 nitrogen and oxygen atoms in total. The number of benzene rings is 2. The number of hydrogen-bond acceptors (Lipinski definition) is 4. The first-order valence-electron chi connectivity index (χ1n) is 9.76. The Morgan fingerprint density at radius 1 is 1.17 bits per heavy atom. The van der Waals surface area contributed by atoms with E-state index >= 15 is 0 Å². The van der Waals surface area contributed by atoms with E-state index in [9.17, 15) is 4.79 Å². The van der Waals surface area contributed by atoms with Gasteiger partial charge in [0.25, 0.3) is 0 Å². The number of nitrogens with zero attached hydrogens (tertiary/aromatic N) is 2. The van der Waals surface area contributed by atoms with Crippen LogP contribution in [0.1, 0.15) is 5.56 Å². The van der Waals surface area contributed by atoms with Crippen molar-refractivity contribution in [1.82, 2.24) is 15.2 Å². The van der Waals surface area contributed by atoms with Crippen LogP contribution in [0.3, 0.4) is 0 Å². The third-order valence-corrected chi connectivity index (χ3v) is 5.76. The van der Waals surface area contributed by atoms with E-state index in [0.29, 0.717) is 30.4 Å². The third kappa shape index (κ3) is 3.97. The first-order chi connectivity index (χ1) is 14.6.